The summed E-state index contributed by atoms with van der Waals surface area (Å²) >= 11 is 0. The minimum atomic E-state index is -0.298. The van der Waals surface area contributed by atoms with Crippen LogP contribution in [0.15, 0.2) is 40.2 Å². The van der Waals surface area contributed by atoms with E-state index < -0.39 is 0 Å². The Labute approximate surface area is 81.1 Å². The van der Waals surface area contributed by atoms with Crippen molar-refractivity contribution in [1.82, 2.24) is 0 Å². The Balaban J connectivity index is 2.52. The highest BCUT2D eigenvalue weighted by molar-refractivity contribution is 6.22. The van der Waals surface area contributed by atoms with Crippen LogP contribution in [0.4, 0.5) is 5.69 Å². The van der Waals surface area contributed by atoms with Crippen molar-refractivity contribution >= 4 is 17.2 Å². The molecule has 1 amide bonds. The predicted octanol–water partition coefficient (Wildman–Crippen LogP) is 1.99. The Morgan fingerprint density at radius 1 is 1.29 bits per heavy atom. The molecule has 1 aliphatic heterocycles. The van der Waals surface area contributed by atoms with Crippen molar-refractivity contribution in [1.29, 1.82) is 0 Å². The molecule has 0 radical (unpaired) electrons. The lowest BCUT2D eigenvalue weighted by atomic mass is 10.0. The van der Waals surface area contributed by atoms with E-state index in [4.69, 9.17) is 5.73 Å². The quantitative estimate of drug-likeness (QED) is 0.683. The number of rotatable bonds is 1. The smallest absolute Gasteiger partial charge is 0.297 e. The Morgan fingerprint density at radius 3 is 2.64 bits per heavy atom. The van der Waals surface area contributed by atoms with E-state index in [-0.39, 0.29) is 5.91 Å². The zero-order valence-electron chi connectivity index (χ0n) is 7.69. The van der Waals surface area contributed by atoms with Crippen molar-refractivity contribution in [3.05, 3.63) is 35.5 Å². The fourth-order valence-corrected chi connectivity index (χ4v) is 1.40. The van der Waals surface area contributed by atoms with Crippen LogP contribution in [0.1, 0.15) is 12.5 Å². The molecule has 1 aromatic rings. The molecular formula is C10H9N3O. The molecule has 4 heteroatoms. The van der Waals surface area contributed by atoms with E-state index in [1.54, 1.807) is 25.1 Å². The first-order valence-corrected chi connectivity index (χ1v) is 4.21. The molecule has 0 atom stereocenters. The third-order valence-electron chi connectivity index (χ3n) is 2.04. The van der Waals surface area contributed by atoms with Gasteiger partial charge in [0.2, 0.25) is 0 Å². The van der Waals surface area contributed by atoms with Crippen molar-refractivity contribution in [3.63, 3.8) is 0 Å². The average Bonchev–Trinajstić information content (AvgIpc) is 2.46. The Bertz CT molecular complexity index is 460. The Kier molecular flexibility index (Phi) is 1.89. The van der Waals surface area contributed by atoms with Crippen molar-refractivity contribution in [2.45, 2.75) is 6.92 Å². The highest BCUT2D eigenvalue weighted by atomic mass is 16.2. The normalized spacial score (nSPS) is 15.4. The van der Waals surface area contributed by atoms with Crippen LogP contribution in [-0.4, -0.2) is 5.91 Å². The van der Waals surface area contributed by atoms with Crippen LogP contribution < -0.4 is 5.73 Å². The molecule has 1 heterocycles. The Hall–Kier alpha value is -1.97. The van der Waals surface area contributed by atoms with Gasteiger partial charge in [0.25, 0.3) is 5.91 Å². The summed E-state index contributed by atoms with van der Waals surface area (Å²) < 4.78 is 0. The first-order valence-electron chi connectivity index (χ1n) is 4.21. The molecule has 2 N–H and O–H groups in total. The van der Waals surface area contributed by atoms with Gasteiger partial charge in [-0.2, -0.15) is 5.11 Å². The molecule has 0 fully saturated rings. The Morgan fingerprint density at radius 2 is 2.07 bits per heavy atom. The van der Waals surface area contributed by atoms with Gasteiger partial charge in [0, 0.05) is 5.69 Å². The second-order valence-corrected chi connectivity index (χ2v) is 3.09. The lowest BCUT2D eigenvalue weighted by Crippen LogP contribution is -1.96. The topological polar surface area (TPSA) is 67.8 Å². The number of nitrogens with two attached hydrogens (primary N) is 1. The molecule has 0 bridgehead atoms. The van der Waals surface area contributed by atoms with Crippen LogP contribution >= 0.6 is 0 Å². The van der Waals surface area contributed by atoms with Crippen molar-refractivity contribution in [3.8, 4) is 0 Å². The predicted molar refractivity (Wildman–Crippen MR) is 53.3 cm³/mol. The minimum absolute atomic E-state index is 0.298. The highest BCUT2D eigenvalue weighted by Gasteiger charge is 2.19. The zero-order chi connectivity index (χ0) is 10.1. The number of carbonyl (C=O) groups excluding carboxylic acids is 1. The number of amides is 1. The molecule has 1 aliphatic rings. The molecule has 0 saturated heterocycles. The van der Waals surface area contributed by atoms with Crippen molar-refractivity contribution < 1.29 is 4.79 Å². The average molecular weight is 187 g/mol. The molecule has 4 nitrogen and oxygen atoms in total. The summed E-state index contributed by atoms with van der Waals surface area (Å²) in [4.78, 5) is 11.3. The van der Waals surface area contributed by atoms with Crippen LogP contribution in [0.2, 0.25) is 0 Å². The van der Waals surface area contributed by atoms with E-state index >= 15 is 0 Å². The van der Waals surface area contributed by atoms with Crippen LogP contribution in [0.5, 0.6) is 0 Å². The molecule has 70 valence electrons. The van der Waals surface area contributed by atoms with Crippen LogP contribution in [0, 0.1) is 0 Å². The van der Waals surface area contributed by atoms with Crippen molar-refractivity contribution in [2.24, 2.45) is 10.2 Å². The van der Waals surface area contributed by atoms with E-state index in [1.165, 1.54) is 0 Å². The molecule has 0 aromatic heterocycles. The molecule has 0 unspecified atom stereocenters. The minimum Gasteiger partial charge on any atom is -0.399 e. The summed E-state index contributed by atoms with van der Waals surface area (Å²) in [5, 5.41) is 7.19. The number of hydrogen-bond donors (Lipinski definition) is 1. The van der Waals surface area contributed by atoms with E-state index in [9.17, 15) is 4.79 Å². The summed E-state index contributed by atoms with van der Waals surface area (Å²) in [6, 6.07) is 7.14. The summed E-state index contributed by atoms with van der Waals surface area (Å²) in [7, 11) is 0. The lowest BCUT2D eigenvalue weighted by molar-refractivity contribution is -0.112. The van der Waals surface area contributed by atoms with E-state index in [1.807, 2.05) is 6.07 Å². The second kappa shape index (κ2) is 3.06. The number of nitrogens with zero attached hydrogens (tertiary/aromatic N) is 2. The van der Waals surface area contributed by atoms with Crippen LogP contribution in [0.25, 0.3) is 5.57 Å². The monoisotopic (exact) mass is 187 g/mol. The number of azo groups is 1. The largest absolute Gasteiger partial charge is 0.399 e. The van der Waals surface area contributed by atoms with E-state index in [2.05, 4.69) is 10.2 Å². The van der Waals surface area contributed by atoms with E-state index in [0.29, 0.717) is 17.0 Å². The highest BCUT2D eigenvalue weighted by Crippen LogP contribution is 2.27. The van der Waals surface area contributed by atoms with Gasteiger partial charge in [-0.15, -0.1) is 5.11 Å². The first kappa shape index (κ1) is 8.62. The van der Waals surface area contributed by atoms with Gasteiger partial charge in [0.15, 0.2) is 0 Å². The number of anilines is 1. The summed E-state index contributed by atoms with van der Waals surface area (Å²) in [5.41, 5.74) is 8.20. The number of carbonyl (C=O) groups is 1. The third-order valence-corrected chi connectivity index (χ3v) is 2.04. The summed E-state index contributed by atoms with van der Waals surface area (Å²) in [6.07, 6.45) is 0. The van der Waals surface area contributed by atoms with Gasteiger partial charge in [0.1, 0.15) is 0 Å². The van der Waals surface area contributed by atoms with Gasteiger partial charge in [0.05, 0.1) is 11.3 Å². The van der Waals surface area contributed by atoms with Crippen LogP contribution in [-0.2, 0) is 4.79 Å². The third kappa shape index (κ3) is 1.31. The summed E-state index contributed by atoms with van der Waals surface area (Å²) in [5.74, 6) is -0.298. The second-order valence-electron chi connectivity index (χ2n) is 3.09. The number of benzene rings is 1. The fourth-order valence-electron chi connectivity index (χ4n) is 1.40. The maximum absolute atomic E-state index is 11.3. The molecule has 1 aromatic carbocycles. The van der Waals surface area contributed by atoms with E-state index in [0.717, 1.165) is 5.56 Å². The van der Waals surface area contributed by atoms with Gasteiger partial charge in [-0.1, -0.05) is 12.1 Å². The molecule has 0 aliphatic carbocycles. The van der Waals surface area contributed by atoms with Crippen molar-refractivity contribution in [2.75, 3.05) is 5.73 Å². The molecular weight excluding hydrogens is 178 g/mol. The fraction of sp³-hybridized carbons (Fsp3) is 0.100. The maximum atomic E-state index is 11.3. The molecule has 0 spiro atoms. The molecule has 14 heavy (non-hydrogen) atoms. The van der Waals surface area contributed by atoms with Gasteiger partial charge in [-0.25, -0.2) is 0 Å². The first-order chi connectivity index (χ1) is 6.68. The molecule has 0 saturated carbocycles. The lowest BCUT2D eigenvalue weighted by Gasteiger charge is -2.01. The van der Waals surface area contributed by atoms with Gasteiger partial charge >= 0.3 is 0 Å². The number of allylic oxidation sites excluding steroid dienone is 1. The van der Waals surface area contributed by atoms with Gasteiger partial charge in [-0.05, 0) is 24.6 Å². The number of nitrogen functional groups attached to an aromatic ring is 1. The summed E-state index contributed by atoms with van der Waals surface area (Å²) in [6.45, 7) is 1.76. The molecule has 2 rings (SSSR count). The van der Waals surface area contributed by atoms with Gasteiger partial charge in [-0.3, -0.25) is 4.79 Å². The number of hydrogen-bond acceptors (Lipinski definition) is 3. The zero-order valence-corrected chi connectivity index (χ0v) is 7.69. The maximum Gasteiger partial charge on any atom is 0.297 e. The standard InChI is InChI=1S/C10H9N3O/c1-6-9(10(14)13-12-6)7-3-2-4-8(11)5-7/h2-5H,11H2,1H3. The van der Waals surface area contributed by atoms with Gasteiger partial charge < -0.3 is 5.73 Å². The van der Waals surface area contributed by atoms with Crippen LogP contribution in [0.3, 0.4) is 0 Å². The SMILES string of the molecule is CC1=C(c2cccc(N)c2)C(=O)N=N1.